The van der Waals surface area contributed by atoms with Gasteiger partial charge in [-0.05, 0) is 34.1 Å². The summed E-state index contributed by atoms with van der Waals surface area (Å²) >= 11 is 3.32. The molecule has 138 valence electrons. The van der Waals surface area contributed by atoms with Gasteiger partial charge in [0.1, 0.15) is 12.6 Å². The van der Waals surface area contributed by atoms with E-state index in [9.17, 15) is 14.4 Å². The number of pyridine rings is 1. The van der Waals surface area contributed by atoms with Crippen LogP contribution in [0.1, 0.15) is 27.1 Å². The number of carbonyl (C=O) groups is 3. The SMILES string of the molecule is O=C(CN1C(=O)c2ccccc2C1=O)N1CCC(Oc2ccc(Br)cn2)C1. The second-order valence-electron chi connectivity index (χ2n) is 6.42. The van der Waals surface area contributed by atoms with Crippen molar-refractivity contribution in [2.24, 2.45) is 0 Å². The summed E-state index contributed by atoms with van der Waals surface area (Å²) in [6.07, 6.45) is 2.16. The highest BCUT2D eigenvalue weighted by Gasteiger charge is 2.38. The average molecular weight is 430 g/mol. The van der Waals surface area contributed by atoms with Gasteiger partial charge in [0.2, 0.25) is 11.8 Å². The summed E-state index contributed by atoms with van der Waals surface area (Å²) in [6, 6.07) is 10.2. The Morgan fingerprint density at radius 2 is 1.85 bits per heavy atom. The van der Waals surface area contributed by atoms with E-state index in [1.54, 1.807) is 41.4 Å². The zero-order chi connectivity index (χ0) is 19.0. The number of hydrogen-bond acceptors (Lipinski definition) is 5. The second-order valence-corrected chi connectivity index (χ2v) is 7.34. The predicted molar refractivity (Wildman–Crippen MR) is 99.4 cm³/mol. The summed E-state index contributed by atoms with van der Waals surface area (Å²) in [5.74, 6) is -0.609. The molecule has 2 aliphatic rings. The van der Waals surface area contributed by atoms with Crippen LogP contribution >= 0.6 is 15.9 Å². The van der Waals surface area contributed by atoms with Crippen LogP contribution in [-0.2, 0) is 4.79 Å². The van der Waals surface area contributed by atoms with Crippen LogP contribution in [-0.4, -0.2) is 58.2 Å². The smallest absolute Gasteiger partial charge is 0.262 e. The van der Waals surface area contributed by atoms with Gasteiger partial charge in [-0.3, -0.25) is 19.3 Å². The minimum atomic E-state index is -0.421. The first-order chi connectivity index (χ1) is 13.0. The fourth-order valence-corrected chi connectivity index (χ4v) is 3.51. The molecule has 0 aliphatic carbocycles. The predicted octanol–water partition coefficient (Wildman–Crippen LogP) is 2.12. The van der Waals surface area contributed by atoms with Gasteiger partial charge in [-0.1, -0.05) is 12.1 Å². The normalized spacial score (nSPS) is 18.8. The highest BCUT2D eigenvalue weighted by molar-refractivity contribution is 9.10. The molecule has 0 bridgehead atoms. The van der Waals surface area contributed by atoms with E-state index in [-0.39, 0.29) is 18.6 Å². The minimum absolute atomic E-state index is 0.162. The highest BCUT2D eigenvalue weighted by atomic mass is 79.9. The second kappa shape index (κ2) is 7.11. The largest absolute Gasteiger partial charge is 0.472 e. The molecule has 4 rings (SSSR count). The van der Waals surface area contributed by atoms with Crippen molar-refractivity contribution in [2.75, 3.05) is 19.6 Å². The van der Waals surface area contributed by atoms with Gasteiger partial charge < -0.3 is 9.64 Å². The first-order valence-electron chi connectivity index (χ1n) is 8.54. The lowest BCUT2D eigenvalue weighted by molar-refractivity contribution is -0.130. The standard InChI is InChI=1S/C19H16BrN3O4/c20-12-5-6-16(21-9-12)27-13-7-8-22(10-13)17(24)11-23-18(25)14-3-1-2-4-15(14)19(23)26/h1-6,9,13H,7-8,10-11H2. The molecule has 1 aromatic carbocycles. The molecule has 1 fully saturated rings. The van der Waals surface area contributed by atoms with Crippen molar-refractivity contribution in [1.29, 1.82) is 0 Å². The lowest BCUT2D eigenvalue weighted by Crippen LogP contribution is -2.42. The quantitative estimate of drug-likeness (QED) is 0.695. The average Bonchev–Trinajstić information content (AvgIpc) is 3.23. The molecular formula is C19H16BrN3O4. The fraction of sp³-hybridized carbons (Fsp3) is 0.263. The summed E-state index contributed by atoms with van der Waals surface area (Å²) in [7, 11) is 0. The van der Waals surface area contributed by atoms with Gasteiger partial charge in [0.25, 0.3) is 11.8 Å². The number of hydrogen-bond donors (Lipinski definition) is 0. The molecule has 0 radical (unpaired) electrons. The van der Waals surface area contributed by atoms with Crippen molar-refractivity contribution >= 4 is 33.7 Å². The Bertz CT molecular complexity index is 880. The Balaban J connectivity index is 1.36. The van der Waals surface area contributed by atoms with Crippen LogP contribution in [0.25, 0.3) is 0 Å². The van der Waals surface area contributed by atoms with E-state index in [2.05, 4.69) is 20.9 Å². The van der Waals surface area contributed by atoms with Crippen molar-refractivity contribution in [1.82, 2.24) is 14.8 Å². The summed E-state index contributed by atoms with van der Waals surface area (Å²) in [5, 5.41) is 0. The van der Waals surface area contributed by atoms with E-state index in [1.807, 2.05) is 6.07 Å². The Labute approximate surface area is 164 Å². The van der Waals surface area contributed by atoms with Crippen LogP contribution in [0.4, 0.5) is 0 Å². The number of nitrogens with zero attached hydrogens (tertiary/aromatic N) is 3. The number of imide groups is 1. The van der Waals surface area contributed by atoms with Crippen molar-refractivity contribution in [2.45, 2.75) is 12.5 Å². The Hall–Kier alpha value is -2.74. The maximum Gasteiger partial charge on any atom is 0.262 e. The summed E-state index contributed by atoms with van der Waals surface area (Å²) in [5.41, 5.74) is 0.693. The molecule has 27 heavy (non-hydrogen) atoms. The number of fused-ring (bicyclic) bond motifs is 1. The van der Waals surface area contributed by atoms with Crippen LogP contribution in [0.2, 0.25) is 0 Å². The molecule has 3 amide bonds. The van der Waals surface area contributed by atoms with Crippen LogP contribution < -0.4 is 4.74 Å². The third kappa shape index (κ3) is 3.44. The number of rotatable bonds is 4. The Kier molecular flexibility index (Phi) is 4.65. The monoisotopic (exact) mass is 429 g/mol. The van der Waals surface area contributed by atoms with E-state index in [0.717, 1.165) is 9.37 Å². The zero-order valence-corrected chi connectivity index (χ0v) is 15.9. The van der Waals surface area contributed by atoms with Gasteiger partial charge in [0, 0.05) is 29.7 Å². The lowest BCUT2D eigenvalue weighted by atomic mass is 10.1. The molecule has 3 heterocycles. The fourth-order valence-electron chi connectivity index (χ4n) is 3.27. The Morgan fingerprint density at radius 3 is 2.48 bits per heavy atom. The molecule has 1 saturated heterocycles. The minimum Gasteiger partial charge on any atom is -0.472 e. The molecule has 0 saturated carbocycles. The Morgan fingerprint density at radius 1 is 1.15 bits per heavy atom. The number of amides is 3. The van der Waals surface area contributed by atoms with Gasteiger partial charge in [-0.2, -0.15) is 0 Å². The van der Waals surface area contributed by atoms with Crippen LogP contribution in [0.15, 0.2) is 47.1 Å². The summed E-state index contributed by atoms with van der Waals surface area (Å²) < 4.78 is 6.66. The van der Waals surface area contributed by atoms with E-state index >= 15 is 0 Å². The maximum atomic E-state index is 12.6. The molecule has 1 aromatic heterocycles. The van der Waals surface area contributed by atoms with E-state index < -0.39 is 11.8 Å². The van der Waals surface area contributed by atoms with Crippen LogP contribution in [0, 0.1) is 0 Å². The van der Waals surface area contributed by atoms with Gasteiger partial charge in [0.15, 0.2) is 0 Å². The van der Waals surface area contributed by atoms with Crippen LogP contribution in [0.3, 0.4) is 0 Å². The van der Waals surface area contributed by atoms with Crippen molar-refractivity contribution in [3.05, 3.63) is 58.2 Å². The van der Waals surface area contributed by atoms with Crippen molar-refractivity contribution in [3.8, 4) is 5.88 Å². The first kappa shape index (κ1) is 17.7. The van der Waals surface area contributed by atoms with E-state index in [1.165, 1.54) is 0 Å². The van der Waals surface area contributed by atoms with Crippen molar-refractivity contribution in [3.63, 3.8) is 0 Å². The number of ether oxygens (including phenoxy) is 1. The molecule has 8 heteroatoms. The van der Waals surface area contributed by atoms with Gasteiger partial charge in [0.05, 0.1) is 17.7 Å². The van der Waals surface area contributed by atoms with Gasteiger partial charge in [-0.15, -0.1) is 0 Å². The summed E-state index contributed by atoms with van der Waals surface area (Å²) in [6.45, 7) is 0.665. The topological polar surface area (TPSA) is 79.8 Å². The lowest BCUT2D eigenvalue weighted by Gasteiger charge is -2.20. The van der Waals surface area contributed by atoms with E-state index in [0.29, 0.717) is 36.5 Å². The van der Waals surface area contributed by atoms with Crippen LogP contribution in [0.5, 0.6) is 5.88 Å². The highest BCUT2D eigenvalue weighted by Crippen LogP contribution is 2.23. The molecule has 2 aromatic rings. The number of carbonyl (C=O) groups excluding carboxylic acids is 3. The number of halogens is 1. The molecule has 2 aliphatic heterocycles. The van der Waals surface area contributed by atoms with Crippen molar-refractivity contribution < 1.29 is 19.1 Å². The van der Waals surface area contributed by atoms with Gasteiger partial charge in [-0.25, -0.2) is 4.98 Å². The van der Waals surface area contributed by atoms with E-state index in [4.69, 9.17) is 4.74 Å². The van der Waals surface area contributed by atoms with Gasteiger partial charge >= 0.3 is 0 Å². The summed E-state index contributed by atoms with van der Waals surface area (Å²) in [4.78, 5) is 44.2. The first-order valence-corrected chi connectivity index (χ1v) is 9.33. The third-order valence-corrected chi connectivity index (χ3v) is 5.13. The maximum absolute atomic E-state index is 12.6. The third-order valence-electron chi connectivity index (χ3n) is 4.66. The number of aromatic nitrogens is 1. The molecule has 0 N–H and O–H groups in total. The molecule has 1 atom stereocenters. The molecule has 0 spiro atoms. The number of benzene rings is 1. The zero-order valence-electron chi connectivity index (χ0n) is 14.3. The molecular weight excluding hydrogens is 414 g/mol. The number of likely N-dealkylation sites (tertiary alicyclic amines) is 1. The molecule has 7 nitrogen and oxygen atoms in total. The molecule has 1 unspecified atom stereocenters.